The van der Waals surface area contributed by atoms with Crippen molar-refractivity contribution in [2.45, 2.75) is 44.4 Å². The van der Waals surface area contributed by atoms with Gasteiger partial charge in [0.15, 0.2) is 0 Å². The molecule has 1 fully saturated rings. The van der Waals surface area contributed by atoms with Gasteiger partial charge in [-0.05, 0) is 6.42 Å². The van der Waals surface area contributed by atoms with Gasteiger partial charge in [-0.25, -0.2) is 4.79 Å². The van der Waals surface area contributed by atoms with E-state index in [9.17, 15) is 19.5 Å². The first-order valence-corrected chi connectivity index (χ1v) is 6.61. The summed E-state index contributed by atoms with van der Waals surface area (Å²) in [5.41, 5.74) is 0. The van der Waals surface area contributed by atoms with Crippen molar-refractivity contribution in [3.8, 4) is 6.07 Å². The SMILES string of the molecule is COC(=O)[C@H](CCC#N)NC(=O)[C@@H]1C[C@@H](O)CN1C(C)=O. The lowest BCUT2D eigenvalue weighted by Crippen LogP contribution is -2.50. The average molecular weight is 297 g/mol. The fraction of sp³-hybridized carbons (Fsp3) is 0.692. The van der Waals surface area contributed by atoms with Crippen molar-refractivity contribution >= 4 is 17.8 Å². The molecule has 0 aromatic carbocycles. The van der Waals surface area contributed by atoms with E-state index in [4.69, 9.17) is 5.26 Å². The molecule has 0 aromatic rings. The van der Waals surface area contributed by atoms with E-state index in [1.807, 2.05) is 6.07 Å². The lowest BCUT2D eigenvalue weighted by molar-refractivity contribution is -0.146. The number of aliphatic hydroxyl groups is 1. The zero-order chi connectivity index (χ0) is 16.0. The first-order valence-electron chi connectivity index (χ1n) is 6.61. The molecule has 116 valence electrons. The molecule has 0 saturated carbocycles. The molecule has 8 nitrogen and oxygen atoms in total. The number of nitriles is 1. The molecule has 3 atom stereocenters. The number of hydrogen-bond acceptors (Lipinski definition) is 6. The minimum atomic E-state index is -0.936. The third-order valence-electron chi connectivity index (χ3n) is 3.33. The Morgan fingerprint density at radius 3 is 2.71 bits per heavy atom. The summed E-state index contributed by atoms with van der Waals surface area (Å²) in [6.45, 7) is 1.40. The Labute approximate surface area is 122 Å². The minimum Gasteiger partial charge on any atom is -0.467 e. The molecule has 1 heterocycles. The summed E-state index contributed by atoms with van der Waals surface area (Å²) in [6.07, 6.45) is -0.425. The average Bonchev–Trinajstić information content (AvgIpc) is 2.84. The number of nitrogens with zero attached hydrogens (tertiary/aromatic N) is 2. The van der Waals surface area contributed by atoms with E-state index >= 15 is 0 Å². The topological polar surface area (TPSA) is 120 Å². The molecule has 2 amide bonds. The third-order valence-corrected chi connectivity index (χ3v) is 3.33. The molecule has 0 unspecified atom stereocenters. The van der Waals surface area contributed by atoms with Gasteiger partial charge in [0.25, 0.3) is 0 Å². The van der Waals surface area contributed by atoms with Crippen LogP contribution < -0.4 is 5.32 Å². The van der Waals surface area contributed by atoms with Gasteiger partial charge in [0.05, 0.1) is 19.3 Å². The number of carbonyl (C=O) groups is 3. The van der Waals surface area contributed by atoms with Crippen LogP contribution in [-0.4, -0.2) is 59.6 Å². The number of likely N-dealkylation sites (tertiary alicyclic amines) is 1. The van der Waals surface area contributed by atoms with Gasteiger partial charge in [0, 0.05) is 26.3 Å². The van der Waals surface area contributed by atoms with Gasteiger partial charge < -0.3 is 20.1 Å². The lowest BCUT2D eigenvalue weighted by Gasteiger charge is -2.24. The number of nitrogens with one attached hydrogen (secondary N) is 1. The summed E-state index contributed by atoms with van der Waals surface area (Å²) in [7, 11) is 1.19. The predicted molar refractivity (Wildman–Crippen MR) is 70.6 cm³/mol. The van der Waals surface area contributed by atoms with Gasteiger partial charge in [-0.1, -0.05) is 0 Å². The van der Waals surface area contributed by atoms with Gasteiger partial charge in [0.1, 0.15) is 12.1 Å². The van der Waals surface area contributed by atoms with E-state index in [1.165, 1.54) is 18.9 Å². The first kappa shape index (κ1) is 16.9. The van der Waals surface area contributed by atoms with Crippen LogP contribution in [-0.2, 0) is 19.1 Å². The molecular weight excluding hydrogens is 278 g/mol. The molecule has 0 aliphatic carbocycles. The highest BCUT2D eigenvalue weighted by molar-refractivity contribution is 5.90. The molecular formula is C13H19N3O5. The Balaban J connectivity index is 2.74. The summed E-state index contributed by atoms with van der Waals surface area (Å²) in [5.74, 6) is -1.50. The Hall–Kier alpha value is -2.14. The number of rotatable bonds is 5. The van der Waals surface area contributed by atoms with Crippen LogP contribution in [0.15, 0.2) is 0 Å². The van der Waals surface area contributed by atoms with Crippen molar-refractivity contribution in [2.75, 3.05) is 13.7 Å². The minimum absolute atomic E-state index is 0.0871. The van der Waals surface area contributed by atoms with Crippen molar-refractivity contribution in [3.63, 3.8) is 0 Å². The van der Waals surface area contributed by atoms with Crippen LogP contribution in [0, 0.1) is 11.3 Å². The normalized spacial score (nSPS) is 22.3. The van der Waals surface area contributed by atoms with Crippen molar-refractivity contribution in [1.82, 2.24) is 10.2 Å². The molecule has 1 rings (SSSR count). The molecule has 8 heteroatoms. The first-order chi connectivity index (χ1) is 9.90. The van der Waals surface area contributed by atoms with E-state index in [-0.39, 0.29) is 31.7 Å². The fourth-order valence-corrected chi connectivity index (χ4v) is 2.28. The number of methoxy groups -OCH3 is 1. The smallest absolute Gasteiger partial charge is 0.328 e. The Bertz CT molecular complexity index is 459. The second kappa shape index (κ2) is 7.59. The summed E-state index contributed by atoms with van der Waals surface area (Å²) in [5, 5.41) is 20.6. The highest BCUT2D eigenvalue weighted by Gasteiger charge is 2.38. The number of hydrogen-bond donors (Lipinski definition) is 2. The second-order valence-corrected chi connectivity index (χ2v) is 4.86. The molecule has 1 aliphatic heterocycles. The molecule has 1 aliphatic rings. The highest BCUT2D eigenvalue weighted by Crippen LogP contribution is 2.18. The van der Waals surface area contributed by atoms with Crippen molar-refractivity contribution in [3.05, 3.63) is 0 Å². The van der Waals surface area contributed by atoms with Crippen LogP contribution >= 0.6 is 0 Å². The molecule has 2 N–H and O–H groups in total. The Morgan fingerprint density at radius 2 is 2.19 bits per heavy atom. The van der Waals surface area contributed by atoms with Gasteiger partial charge in [0.2, 0.25) is 11.8 Å². The van der Waals surface area contributed by atoms with Crippen LogP contribution in [0.3, 0.4) is 0 Å². The van der Waals surface area contributed by atoms with E-state index in [0.29, 0.717) is 0 Å². The third kappa shape index (κ3) is 4.43. The van der Waals surface area contributed by atoms with Gasteiger partial charge in [-0.15, -0.1) is 0 Å². The zero-order valence-corrected chi connectivity index (χ0v) is 12.0. The quantitative estimate of drug-likeness (QED) is 0.623. The van der Waals surface area contributed by atoms with Crippen molar-refractivity contribution in [2.24, 2.45) is 0 Å². The number of carbonyl (C=O) groups excluding carboxylic acids is 3. The van der Waals surface area contributed by atoms with Crippen LogP contribution in [0.5, 0.6) is 0 Å². The van der Waals surface area contributed by atoms with Gasteiger partial charge >= 0.3 is 5.97 Å². The fourth-order valence-electron chi connectivity index (χ4n) is 2.28. The monoisotopic (exact) mass is 297 g/mol. The molecule has 0 radical (unpaired) electrons. The van der Waals surface area contributed by atoms with Crippen LogP contribution in [0.2, 0.25) is 0 Å². The number of esters is 1. The largest absolute Gasteiger partial charge is 0.467 e. The maximum absolute atomic E-state index is 12.2. The maximum Gasteiger partial charge on any atom is 0.328 e. The molecule has 0 aromatic heterocycles. The van der Waals surface area contributed by atoms with Crippen molar-refractivity contribution < 1.29 is 24.2 Å². The highest BCUT2D eigenvalue weighted by atomic mass is 16.5. The molecule has 1 saturated heterocycles. The van der Waals surface area contributed by atoms with Crippen LogP contribution in [0.1, 0.15) is 26.2 Å². The van der Waals surface area contributed by atoms with Gasteiger partial charge in [-0.3, -0.25) is 9.59 Å². The summed E-state index contributed by atoms with van der Waals surface area (Å²) >= 11 is 0. The predicted octanol–water partition coefficient (Wildman–Crippen LogP) is -1.07. The van der Waals surface area contributed by atoms with Crippen LogP contribution in [0.25, 0.3) is 0 Å². The summed E-state index contributed by atoms with van der Waals surface area (Å²) in [6, 6.07) is 0.141. The summed E-state index contributed by atoms with van der Waals surface area (Å²) in [4.78, 5) is 36.5. The molecule has 21 heavy (non-hydrogen) atoms. The number of aliphatic hydroxyl groups excluding tert-OH is 1. The van der Waals surface area contributed by atoms with E-state index in [2.05, 4.69) is 10.1 Å². The maximum atomic E-state index is 12.2. The lowest BCUT2D eigenvalue weighted by atomic mass is 10.1. The van der Waals surface area contributed by atoms with Crippen molar-refractivity contribution in [1.29, 1.82) is 5.26 Å². The standard InChI is InChI=1S/C13H19N3O5/c1-8(17)16-7-9(18)6-11(16)12(19)15-10(4-3-5-14)13(20)21-2/h9-11,18H,3-4,6-7H2,1-2H3,(H,15,19)/t9-,10+,11+/m1/s1. The number of β-amino-alcohol motifs (C(OH)–C–C–N with tert-alkyl or cyclic N) is 1. The van der Waals surface area contributed by atoms with Crippen LogP contribution in [0.4, 0.5) is 0 Å². The molecule has 0 bridgehead atoms. The van der Waals surface area contributed by atoms with Gasteiger partial charge in [-0.2, -0.15) is 5.26 Å². The Kier molecular flexibility index (Phi) is 6.11. The number of amides is 2. The summed E-state index contributed by atoms with van der Waals surface area (Å²) < 4.78 is 4.58. The van der Waals surface area contributed by atoms with E-state index in [1.54, 1.807) is 0 Å². The Morgan fingerprint density at radius 1 is 1.52 bits per heavy atom. The molecule has 0 spiro atoms. The second-order valence-electron chi connectivity index (χ2n) is 4.86. The van der Waals surface area contributed by atoms with E-state index in [0.717, 1.165) is 0 Å². The number of ether oxygens (including phenoxy) is 1. The van der Waals surface area contributed by atoms with E-state index < -0.39 is 30.1 Å². The zero-order valence-electron chi connectivity index (χ0n) is 12.0.